The lowest BCUT2D eigenvalue weighted by Gasteiger charge is -2.23. The van der Waals surface area contributed by atoms with Crippen LogP contribution in [0.5, 0.6) is 0 Å². The average Bonchev–Trinajstić information content (AvgIpc) is 2.74. The first-order chi connectivity index (χ1) is 9.90. The fourth-order valence-electron chi connectivity index (χ4n) is 3.11. The molecule has 0 unspecified atom stereocenters. The van der Waals surface area contributed by atoms with Gasteiger partial charge < -0.3 is 9.47 Å². The van der Waals surface area contributed by atoms with Gasteiger partial charge in [-0.2, -0.15) is 0 Å². The van der Waals surface area contributed by atoms with Crippen molar-refractivity contribution >= 4 is 0 Å². The summed E-state index contributed by atoms with van der Waals surface area (Å²) in [4.78, 5) is 6.66. The molecule has 0 aliphatic carbocycles. The van der Waals surface area contributed by atoms with Gasteiger partial charge in [0, 0.05) is 45.1 Å². The molecule has 4 heteroatoms. The standard InChI is InChI=1S/C16H24N2O2/c1-3-14(12-17-6-1)11-15-4-5-16(20-15)13-18-7-2-9-19-10-8-18/h1,3,6,12,15-16H,2,4-5,7-11,13H2/t15-,16+/m0/s1. The van der Waals surface area contributed by atoms with Crippen LogP contribution in [0.3, 0.4) is 0 Å². The minimum Gasteiger partial charge on any atom is -0.380 e. The molecule has 2 aliphatic rings. The summed E-state index contributed by atoms with van der Waals surface area (Å²) in [5.74, 6) is 0. The molecule has 0 amide bonds. The highest BCUT2D eigenvalue weighted by Gasteiger charge is 2.27. The lowest BCUT2D eigenvalue weighted by molar-refractivity contribution is 0.0228. The van der Waals surface area contributed by atoms with Crippen LogP contribution in [0.2, 0.25) is 0 Å². The number of hydrogen-bond acceptors (Lipinski definition) is 4. The third kappa shape index (κ3) is 4.01. The van der Waals surface area contributed by atoms with Crippen LogP contribution in [0.25, 0.3) is 0 Å². The summed E-state index contributed by atoms with van der Waals surface area (Å²) < 4.78 is 11.7. The molecule has 0 saturated carbocycles. The van der Waals surface area contributed by atoms with Crippen LogP contribution in [0, 0.1) is 0 Å². The highest BCUT2D eigenvalue weighted by atomic mass is 16.5. The largest absolute Gasteiger partial charge is 0.380 e. The summed E-state index contributed by atoms with van der Waals surface area (Å²) in [6.45, 7) is 5.03. The van der Waals surface area contributed by atoms with E-state index in [9.17, 15) is 0 Å². The Kier molecular flexibility index (Phi) is 5.01. The average molecular weight is 276 g/mol. The monoisotopic (exact) mass is 276 g/mol. The van der Waals surface area contributed by atoms with Gasteiger partial charge in [0.15, 0.2) is 0 Å². The van der Waals surface area contributed by atoms with Gasteiger partial charge in [0.25, 0.3) is 0 Å². The zero-order valence-corrected chi connectivity index (χ0v) is 12.0. The summed E-state index contributed by atoms with van der Waals surface area (Å²) in [5.41, 5.74) is 1.28. The van der Waals surface area contributed by atoms with Crippen LogP contribution in [-0.2, 0) is 15.9 Å². The maximum atomic E-state index is 6.20. The molecule has 2 atom stereocenters. The van der Waals surface area contributed by atoms with Crippen molar-refractivity contribution in [1.29, 1.82) is 0 Å². The van der Waals surface area contributed by atoms with Crippen LogP contribution >= 0.6 is 0 Å². The zero-order chi connectivity index (χ0) is 13.6. The van der Waals surface area contributed by atoms with Gasteiger partial charge in [0.2, 0.25) is 0 Å². The Morgan fingerprint density at radius 3 is 3.05 bits per heavy atom. The molecule has 110 valence electrons. The highest BCUT2D eigenvalue weighted by Crippen LogP contribution is 2.23. The predicted octanol–water partition coefficient (Wildman–Crippen LogP) is 1.89. The molecule has 0 N–H and O–H groups in total. The van der Waals surface area contributed by atoms with Gasteiger partial charge in [-0.3, -0.25) is 9.88 Å². The van der Waals surface area contributed by atoms with Gasteiger partial charge in [-0.15, -0.1) is 0 Å². The first-order valence-electron chi connectivity index (χ1n) is 7.74. The summed E-state index contributed by atoms with van der Waals surface area (Å²) in [7, 11) is 0. The van der Waals surface area contributed by atoms with Gasteiger partial charge in [0.05, 0.1) is 18.8 Å². The molecule has 1 aromatic rings. The fraction of sp³-hybridized carbons (Fsp3) is 0.688. The van der Waals surface area contributed by atoms with Crippen molar-refractivity contribution < 1.29 is 9.47 Å². The third-order valence-electron chi connectivity index (χ3n) is 4.16. The molecule has 0 radical (unpaired) electrons. The molecule has 20 heavy (non-hydrogen) atoms. The van der Waals surface area contributed by atoms with E-state index in [1.165, 1.54) is 18.4 Å². The molecule has 3 heterocycles. The Balaban J connectivity index is 1.44. The first-order valence-corrected chi connectivity index (χ1v) is 7.74. The maximum Gasteiger partial charge on any atom is 0.0706 e. The topological polar surface area (TPSA) is 34.6 Å². The second-order valence-electron chi connectivity index (χ2n) is 5.79. The minimum atomic E-state index is 0.368. The van der Waals surface area contributed by atoms with Gasteiger partial charge in [-0.25, -0.2) is 0 Å². The number of rotatable bonds is 4. The quantitative estimate of drug-likeness (QED) is 0.841. The SMILES string of the molecule is c1cncc(C[C@@H]2CC[C@H](CN3CCCOCC3)O2)c1. The second kappa shape index (κ2) is 7.16. The Morgan fingerprint density at radius 1 is 1.20 bits per heavy atom. The predicted molar refractivity (Wildman–Crippen MR) is 77.7 cm³/mol. The lowest BCUT2D eigenvalue weighted by atomic mass is 10.1. The van der Waals surface area contributed by atoms with Crippen LogP contribution in [0.1, 0.15) is 24.8 Å². The van der Waals surface area contributed by atoms with E-state index in [1.54, 1.807) is 0 Å². The van der Waals surface area contributed by atoms with Crippen LogP contribution in [0.4, 0.5) is 0 Å². The van der Waals surface area contributed by atoms with Crippen molar-refractivity contribution in [2.75, 3.05) is 32.8 Å². The van der Waals surface area contributed by atoms with E-state index in [2.05, 4.69) is 16.0 Å². The number of hydrogen-bond donors (Lipinski definition) is 0. The molecule has 2 saturated heterocycles. The molecule has 0 aromatic carbocycles. The molecule has 0 spiro atoms. The van der Waals surface area contributed by atoms with Gasteiger partial charge in [0.1, 0.15) is 0 Å². The van der Waals surface area contributed by atoms with E-state index < -0.39 is 0 Å². The van der Waals surface area contributed by atoms with Crippen molar-refractivity contribution in [2.45, 2.75) is 37.9 Å². The molecule has 3 rings (SSSR count). The first kappa shape index (κ1) is 14.0. The van der Waals surface area contributed by atoms with Crippen molar-refractivity contribution in [3.63, 3.8) is 0 Å². The molecule has 0 bridgehead atoms. The normalized spacial score (nSPS) is 28.4. The van der Waals surface area contributed by atoms with E-state index in [0.717, 1.165) is 45.7 Å². The maximum absolute atomic E-state index is 6.20. The lowest BCUT2D eigenvalue weighted by Crippen LogP contribution is -2.34. The van der Waals surface area contributed by atoms with Crippen molar-refractivity contribution in [3.8, 4) is 0 Å². The highest BCUT2D eigenvalue weighted by molar-refractivity contribution is 5.10. The van der Waals surface area contributed by atoms with Crippen LogP contribution in [-0.4, -0.2) is 54.9 Å². The van der Waals surface area contributed by atoms with E-state index >= 15 is 0 Å². The number of pyridine rings is 1. The molecular formula is C16H24N2O2. The van der Waals surface area contributed by atoms with Gasteiger partial charge in [-0.05, 0) is 30.9 Å². The fourth-order valence-corrected chi connectivity index (χ4v) is 3.11. The molecule has 2 fully saturated rings. The number of ether oxygens (including phenoxy) is 2. The minimum absolute atomic E-state index is 0.368. The van der Waals surface area contributed by atoms with E-state index in [4.69, 9.17) is 9.47 Å². The van der Waals surface area contributed by atoms with Crippen molar-refractivity contribution in [1.82, 2.24) is 9.88 Å². The van der Waals surface area contributed by atoms with Gasteiger partial charge in [-0.1, -0.05) is 6.07 Å². The molecule has 1 aromatic heterocycles. The van der Waals surface area contributed by atoms with Crippen LogP contribution < -0.4 is 0 Å². The van der Waals surface area contributed by atoms with Gasteiger partial charge >= 0.3 is 0 Å². The summed E-state index contributed by atoms with van der Waals surface area (Å²) >= 11 is 0. The Labute approximate surface area is 121 Å². The summed E-state index contributed by atoms with van der Waals surface area (Å²) in [5, 5.41) is 0. The molecular weight excluding hydrogens is 252 g/mol. The Morgan fingerprint density at radius 2 is 2.15 bits per heavy atom. The Hall–Kier alpha value is -0.970. The van der Waals surface area contributed by atoms with E-state index in [1.807, 2.05) is 18.5 Å². The van der Waals surface area contributed by atoms with Crippen LogP contribution in [0.15, 0.2) is 24.5 Å². The number of nitrogens with zero attached hydrogens (tertiary/aromatic N) is 2. The molecule has 2 aliphatic heterocycles. The number of aromatic nitrogens is 1. The van der Waals surface area contributed by atoms with Crippen molar-refractivity contribution in [2.24, 2.45) is 0 Å². The zero-order valence-electron chi connectivity index (χ0n) is 12.0. The Bertz CT molecular complexity index is 391. The summed E-state index contributed by atoms with van der Waals surface area (Å²) in [6, 6.07) is 4.13. The summed E-state index contributed by atoms with van der Waals surface area (Å²) in [6.07, 6.45) is 9.03. The smallest absolute Gasteiger partial charge is 0.0706 e. The third-order valence-corrected chi connectivity index (χ3v) is 4.16. The van der Waals surface area contributed by atoms with E-state index in [0.29, 0.717) is 12.2 Å². The van der Waals surface area contributed by atoms with Crippen molar-refractivity contribution in [3.05, 3.63) is 30.1 Å². The molecule has 4 nitrogen and oxygen atoms in total. The second-order valence-corrected chi connectivity index (χ2v) is 5.79. The van der Waals surface area contributed by atoms with E-state index in [-0.39, 0.29) is 0 Å².